The van der Waals surface area contributed by atoms with Crippen LogP contribution in [0.3, 0.4) is 0 Å². The van der Waals surface area contributed by atoms with E-state index in [0.29, 0.717) is 26.3 Å². The van der Waals surface area contributed by atoms with Gasteiger partial charge in [-0.2, -0.15) is 0 Å². The predicted molar refractivity (Wildman–Crippen MR) is 85.4 cm³/mol. The number of aliphatic hydroxyl groups excluding tert-OH is 1. The van der Waals surface area contributed by atoms with Crippen LogP contribution in [-0.2, 0) is 9.53 Å². The number of benzene rings is 1. The molecule has 0 radical (unpaired) electrons. The number of nitrogens with zero attached hydrogens (tertiary/aromatic N) is 1. The van der Waals surface area contributed by atoms with Gasteiger partial charge in [0.25, 0.3) is 0 Å². The highest BCUT2D eigenvalue weighted by atomic mass is 79.9. The topological polar surface area (TPSA) is 61.8 Å². The van der Waals surface area contributed by atoms with Crippen LogP contribution in [0.25, 0.3) is 0 Å². The van der Waals surface area contributed by atoms with E-state index in [2.05, 4.69) is 21.2 Å². The maximum Gasteiger partial charge on any atom is 0.245 e. The van der Waals surface area contributed by atoms with E-state index in [1.54, 1.807) is 6.92 Å². The molecule has 5 nitrogen and oxygen atoms in total. The van der Waals surface area contributed by atoms with Crippen LogP contribution in [0.2, 0.25) is 0 Å². The molecule has 1 saturated heterocycles. The molecule has 1 aliphatic rings. The fourth-order valence-electron chi connectivity index (χ4n) is 2.46. The zero-order valence-electron chi connectivity index (χ0n) is 12.3. The molecular weight excluding hydrogens is 336 g/mol. The van der Waals surface area contributed by atoms with Gasteiger partial charge >= 0.3 is 0 Å². The standard InChI is InChI=1S/C15H21BrN2O3/c1-3-17-15(20)14-9-21-7-6-18(14)11-4-5-12(10(2)19)13(16)8-11/h4-5,8,10,14,19H,3,6-7,9H2,1-2H3,(H,17,20)/t10-,14?/m0/s1. The average molecular weight is 357 g/mol. The second-order valence-corrected chi connectivity index (χ2v) is 5.91. The number of nitrogens with one attached hydrogen (secondary N) is 1. The van der Waals surface area contributed by atoms with E-state index in [1.807, 2.05) is 30.0 Å². The van der Waals surface area contributed by atoms with Gasteiger partial charge < -0.3 is 20.1 Å². The number of hydrogen-bond acceptors (Lipinski definition) is 4. The molecule has 1 fully saturated rings. The van der Waals surface area contributed by atoms with Crippen molar-refractivity contribution < 1.29 is 14.6 Å². The number of rotatable bonds is 4. The number of likely N-dealkylation sites (N-methyl/N-ethyl adjacent to an activating group) is 1. The lowest BCUT2D eigenvalue weighted by atomic mass is 10.1. The third-order valence-electron chi connectivity index (χ3n) is 3.55. The number of hydrogen-bond donors (Lipinski definition) is 2. The van der Waals surface area contributed by atoms with Crippen LogP contribution >= 0.6 is 15.9 Å². The van der Waals surface area contributed by atoms with Crippen molar-refractivity contribution in [3.63, 3.8) is 0 Å². The third-order valence-corrected chi connectivity index (χ3v) is 4.23. The molecule has 2 rings (SSSR count). The van der Waals surface area contributed by atoms with Crippen LogP contribution in [0.1, 0.15) is 25.5 Å². The van der Waals surface area contributed by atoms with Gasteiger partial charge in [0.05, 0.1) is 19.3 Å². The van der Waals surface area contributed by atoms with Gasteiger partial charge in [0.15, 0.2) is 0 Å². The number of ether oxygens (including phenoxy) is 1. The van der Waals surface area contributed by atoms with Crippen LogP contribution < -0.4 is 10.2 Å². The maximum absolute atomic E-state index is 12.2. The lowest BCUT2D eigenvalue weighted by molar-refractivity contribution is -0.124. The minimum absolute atomic E-state index is 0.0204. The van der Waals surface area contributed by atoms with Crippen LogP contribution in [0, 0.1) is 0 Å². The zero-order chi connectivity index (χ0) is 15.4. The lowest BCUT2D eigenvalue weighted by Crippen LogP contribution is -2.54. The van der Waals surface area contributed by atoms with E-state index in [4.69, 9.17) is 4.74 Å². The number of carbonyl (C=O) groups is 1. The van der Waals surface area contributed by atoms with E-state index in [9.17, 15) is 9.90 Å². The van der Waals surface area contributed by atoms with E-state index >= 15 is 0 Å². The summed E-state index contributed by atoms with van der Waals surface area (Å²) in [6.45, 7) is 5.90. The Labute approximate surface area is 133 Å². The number of amides is 1. The van der Waals surface area contributed by atoms with E-state index < -0.39 is 6.10 Å². The third kappa shape index (κ3) is 3.75. The van der Waals surface area contributed by atoms with Crippen molar-refractivity contribution >= 4 is 27.5 Å². The smallest absolute Gasteiger partial charge is 0.245 e. The molecule has 6 heteroatoms. The summed E-state index contributed by atoms with van der Waals surface area (Å²) in [4.78, 5) is 14.2. The molecule has 1 unspecified atom stereocenters. The van der Waals surface area contributed by atoms with Crippen molar-refractivity contribution in [1.29, 1.82) is 0 Å². The molecule has 2 N–H and O–H groups in total. The highest BCUT2D eigenvalue weighted by molar-refractivity contribution is 9.10. The fourth-order valence-corrected chi connectivity index (χ4v) is 3.15. The molecular formula is C15H21BrN2O3. The summed E-state index contributed by atoms with van der Waals surface area (Å²) in [5, 5.41) is 12.5. The Kier molecular flexibility index (Phi) is 5.61. The van der Waals surface area contributed by atoms with Gasteiger partial charge in [-0.1, -0.05) is 22.0 Å². The molecule has 0 bridgehead atoms. The number of anilines is 1. The van der Waals surface area contributed by atoms with Crippen molar-refractivity contribution in [3.05, 3.63) is 28.2 Å². The van der Waals surface area contributed by atoms with Gasteiger partial charge in [0, 0.05) is 23.2 Å². The monoisotopic (exact) mass is 356 g/mol. The first-order chi connectivity index (χ1) is 10.0. The molecule has 2 atom stereocenters. The first-order valence-electron chi connectivity index (χ1n) is 7.14. The van der Waals surface area contributed by atoms with Gasteiger partial charge in [0.1, 0.15) is 6.04 Å². The van der Waals surface area contributed by atoms with Crippen LogP contribution in [0.15, 0.2) is 22.7 Å². The lowest BCUT2D eigenvalue weighted by Gasteiger charge is -2.36. The predicted octanol–water partition coefficient (Wildman–Crippen LogP) is 1.84. The summed E-state index contributed by atoms with van der Waals surface area (Å²) in [6.07, 6.45) is -0.530. The van der Waals surface area contributed by atoms with Gasteiger partial charge in [0.2, 0.25) is 5.91 Å². The van der Waals surface area contributed by atoms with E-state index in [-0.39, 0.29) is 11.9 Å². The number of morpholine rings is 1. The number of halogens is 1. The minimum Gasteiger partial charge on any atom is -0.389 e. The van der Waals surface area contributed by atoms with E-state index in [1.165, 1.54) is 0 Å². The first kappa shape index (κ1) is 16.3. The van der Waals surface area contributed by atoms with Crippen LogP contribution in [-0.4, -0.2) is 43.4 Å². The molecule has 0 aliphatic carbocycles. The first-order valence-corrected chi connectivity index (χ1v) is 7.93. The highest BCUT2D eigenvalue weighted by Crippen LogP contribution is 2.29. The van der Waals surface area contributed by atoms with Crippen molar-refractivity contribution in [2.45, 2.75) is 26.0 Å². The van der Waals surface area contributed by atoms with Crippen LogP contribution in [0.5, 0.6) is 0 Å². The largest absolute Gasteiger partial charge is 0.389 e. The molecule has 1 aromatic carbocycles. The van der Waals surface area contributed by atoms with Gasteiger partial charge in [-0.25, -0.2) is 0 Å². The minimum atomic E-state index is -0.530. The number of aliphatic hydroxyl groups is 1. The number of carbonyl (C=O) groups excluding carboxylic acids is 1. The summed E-state index contributed by atoms with van der Waals surface area (Å²) >= 11 is 3.48. The molecule has 0 saturated carbocycles. The molecule has 116 valence electrons. The van der Waals surface area contributed by atoms with Crippen molar-refractivity contribution in [3.8, 4) is 0 Å². The molecule has 0 spiro atoms. The second-order valence-electron chi connectivity index (χ2n) is 5.06. The van der Waals surface area contributed by atoms with Gasteiger partial charge in [-0.3, -0.25) is 4.79 Å². The maximum atomic E-state index is 12.2. The Morgan fingerprint density at radius 3 is 3.00 bits per heavy atom. The average Bonchev–Trinajstić information content (AvgIpc) is 2.47. The van der Waals surface area contributed by atoms with Gasteiger partial charge in [-0.05, 0) is 31.5 Å². The quantitative estimate of drug-likeness (QED) is 0.863. The normalized spacial score (nSPS) is 20.2. The summed E-state index contributed by atoms with van der Waals surface area (Å²) in [6, 6.07) is 5.45. The Morgan fingerprint density at radius 2 is 2.38 bits per heavy atom. The SMILES string of the molecule is CCNC(=O)C1COCCN1c1ccc([C@H](C)O)c(Br)c1. The fraction of sp³-hybridized carbons (Fsp3) is 0.533. The Bertz CT molecular complexity index is 508. The van der Waals surface area contributed by atoms with Crippen molar-refractivity contribution in [2.24, 2.45) is 0 Å². The Morgan fingerprint density at radius 1 is 1.62 bits per heavy atom. The molecule has 1 amide bonds. The summed E-state index contributed by atoms with van der Waals surface area (Å²) in [5.74, 6) is -0.0204. The molecule has 1 heterocycles. The van der Waals surface area contributed by atoms with Crippen molar-refractivity contribution in [2.75, 3.05) is 31.2 Å². The van der Waals surface area contributed by atoms with Crippen LogP contribution in [0.4, 0.5) is 5.69 Å². The Hall–Kier alpha value is -1.11. The Balaban J connectivity index is 2.25. The summed E-state index contributed by atoms with van der Waals surface area (Å²) < 4.78 is 6.28. The summed E-state index contributed by atoms with van der Waals surface area (Å²) in [5.41, 5.74) is 1.78. The molecule has 1 aromatic rings. The van der Waals surface area contributed by atoms with E-state index in [0.717, 1.165) is 15.7 Å². The van der Waals surface area contributed by atoms with Gasteiger partial charge in [-0.15, -0.1) is 0 Å². The molecule has 0 aromatic heterocycles. The highest BCUT2D eigenvalue weighted by Gasteiger charge is 2.29. The second kappa shape index (κ2) is 7.24. The zero-order valence-corrected chi connectivity index (χ0v) is 13.9. The molecule has 1 aliphatic heterocycles. The van der Waals surface area contributed by atoms with Crippen molar-refractivity contribution in [1.82, 2.24) is 5.32 Å². The molecule has 21 heavy (non-hydrogen) atoms. The summed E-state index contributed by atoms with van der Waals surface area (Å²) in [7, 11) is 0.